The van der Waals surface area contributed by atoms with Crippen LogP contribution in [0.1, 0.15) is 48.9 Å². The fourth-order valence-electron chi connectivity index (χ4n) is 2.43. The minimum absolute atomic E-state index is 0.0540. The van der Waals surface area contributed by atoms with Crippen molar-refractivity contribution in [3.05, 3.63) is 23.7 Å². The van der Waals surface area contributed by atoms with Crippen molar-refractivity contribution < 1.29 is 19.1 Å². The second-order valence-corrected chi connectivity index (χ2v) is 4.98. The van der Waals surface area contributed by atoms with Crippen LogP contribution in [0.5, 0.6) is 0 Å². The third kappa shape index (κ3) is 3.36. The van der Waals surface area contributed by atoms with Gasteiger partial charge in [0.25, 0.3) is 5.91 Å². The predicted octanol–water partition coefficient (Wildman–Crippen LogP) is 2.22. The summed E-state index contributed by atoms with van der Waals surface area (Å²) in [6, 6.07) is 3.53. The van der Waals surface area contributed by atoms with Gasteiger partial charge in [0.15, 0.2) is 5.76 Å². The zero-order valence-corrected chi connectivity index (χ0v) is 11.0. The van der Waals surface area contributed by atoms with Crippen molar-refractivity contribution in [1.82, 2.24) is 5.32 Å². The Labute approximate surface area is 112 Å². The maximum Gasteiger partial charge on any atom is 0.306 e. The topological polar surface area (TPSA) is 79.5 Å². The van der Waals surface area contributed by atoms with Crippen LogP contribution in [0.4, 0.5) is 0 Å². The molecule has 0 bridgehead atoms. The molecular formula is C14H19NO4. The number of nitrogens with one attached hydrogen (secondary N) is 1. The van der Waals surface area contributed by atoms with E-state index in [4.69, 9.17) is 9.52 Å². The maximum atomic E-state index is 11.9. The first kappa shape index (κ1) is 13.6. The molecule has 0 unspecified atom stereocenters. The Hall–Kier alpha value is -1.78. The number of aliphatic carboxylic acids is 1. The first-order valence-corrected chi connectivity index (χ1v) is 6.72. The van der Waals surface area contributed by atoms with E-state index in [0.717, 1.165) is 12.2 Å². The van der Waals surface area contributed by atoms with Crippen LogP contribution in [0.3, 0.4) is 0 Å². The monoisotopic (exact) mass is 265 g/mol. The summed E-state index contributed by atoms with van der Waals surface area (Å²) in [7, 11) is 0. The molecule has 5 heteroatoms. The molecule has 1 aliphatic rings. The van der Waals surface area contributed by atoms with Gasteiger partial charge in [-0.1, -0.05) is 6.92 Å². The van der Waals surface area contributed by atoms with E-state index >= 15 is 0 Å². The summed E-state index contributed by atoms with van der Waals surface area (Å²) in [5, 5.41) is 11.8. The number of aryl methyl sites for hydroxylation is 1. The Morgan fingerprint density at radius 3 is 2.53 bits per heavy atom. The third-order valence-electron chi connectivity index (χ3n) is 3.65. The summed E-state index contributed by atoms with van der Waals surface area (Å²) in [4.78, 5) is 22.8. The number of carboxylic acid groups (broad SMARTS) is 1. The van der Waals surface area contributed by atoms with Gasteiger partial charge in [0.2, 0.25) is 0 Å². The fourth-order valence-corrected chi connectivity index (χ4v) is 2.43. The van der Waals surface area contributed by atoms with Gasteiger partial charge in [0.1, 0.15) is 5.76 Å². The lowest BCUT2D eigenvalue weighted by atomic mass is 9.86. The van der Waals surface area contributed by atoms with Crippen molar-refractivity contribution in [3.63, 3.8) is 0 Å². The molecule has 0 saturated heterocycles. The van der Waals surface area contributed by atoms with Crippen molar-refractivity contribution >= 4 is 11.9 Å². The molecule has 2 rings (SSSR count). The van der Waals surface area contributed by atoms with Crippen molar-refractivity contribution in [2.45, 2.75) is 45.1 Å². The largest absolute Gasteiger partial charge is 0.481 e. The van der Waals surface area contributed by atoms with Crippen molar-refractivity contribution in [3.8, 4) is 0 Å². The molecule has 2 N–H and O–H groups in total. The minimum Gasteiger partial charge on any atom is -0.481 e. The summed E-state index contributed by atoms with van der Waals surface area (Å²) >= 11 is 0. The van der Waals surface area contributed by atoms with E-state index in [1.165, 1.54) is 0 Å². The average molecular weight is 265 g/mol. The lowest BCUT2D eigenvalue weighted by molar-refractivity contribution is -0.142. The van der Waals surface area contributed by atoms with Crippen molar-refractivity contribution in [2.24, 2.45) is 5.92 Å². The average Bonchev–Trinajstić information content (AvgIpc) is 2.88. The molecule has 1 aromatic heterocycles. The number of carbonyl (C=O) groups is 2. The molecule has 104 valence electrons. The summed E-state index contributed by atoms with van der Waals surface area (Å²) in [5.41, 5.74) is 0. The van der Waals surface area contributed by atoms with Gasteiger partial charge in [-0.25, -0.2) is 0 Å². The van der Waals surface area contributed by atoms with E-state index in [9.17, 15) is 9.59 Å². The Kier molecular flexibility index (Phi) is 4.24. The quantitative estimate of drug-likeness (QED) is 0.874. The first-order valence-electron chi connectivity index (χ1n) is 6.72. The molecule has 0 aliphatic heterocycles. The molecule has 19 heavy (non-hydrogen) atoms. The van der Waals surface area contributed by atoms with Gasteiger partial charge in [0.05, 0.1) is 5.92 Å². The molecule has 0 atom stereocenters. The highest BCUT2D eigenvalue weighted by Gasteiger charge is 2.27. The Morgan fingerprint density at radius 2 is 2.00 bits per heavy atom. The number of furan rings is 1. The second kappa shape index (κ2) is 5.91. The molecule has 0 radical (unpaired) electrons. The smallest absolute Gasteiger partial charge is 0.306 e. The zero-order chi connectivity index (χ0) is 13.8. The van der Waals surface area contributed by atoms with Crippen LogP contribution in [-0.2, 0) is 11.2 Å². The summed E-state index contributed by atoms with van der Waals surface area (Å²) in [6.07, 6.45) is 3.43. The number of hydrogen-bond donors (Lipinski definition) is 2. The SMILES string of the molecule is CCc1ccc(C(=O)NC2CCC(C(=O)O)CC2)o1. The molecule has 1 amide bonds. The van der Waals surface area contributed by atoms with Gasteiger partial charge in [-0.3, -0.25) is 9.59 Å². The molecular weight excluding hydrogens is 246 g/mol. The first-order chi connectivity index (χ1) is 9.10. The normalized spacial score (nSPS) is 23.0. The van der Waals surface area contributed by atoms with E-state index in [1.54, 1.807) is 12.1 Å². The van der Waals surface area contributed by atoms with Gasteiger partial charge in [-0.05, 0) is 37.8 Å². The highest BCUT2D eigenvalue weighted by molar-refractivity contribution is 5.91. The van der Waals surface area contributed by atoms with Crippen LogP contribution in [0, 0.1) is 5.92 Å². The third-order valence-corrected chi connectivity index (χ3v) is 3.65. The zero-order valence-electron chi connectivity index (χ0n) is 11.0. The lowest BCUT2D eigenvalue weighted by Crippen LogP contribution is -2.38. The van der Waals surface area contributed by atoms with Gasteiger partial charge in [0, 0.05) is 12.5 Å². The van der Waals surface area contributed by atoms with Gasteiger partial charge in [-0.15, -0.1) is 0 Å². The Balaban J connectivity index is 1.85. The van der Waals surface area contributed by atoms with Crippen molar-refractivity contribution in [2.75, 3.05) is 0 Å². The van der Waals surface area contributed by atoms with Crippen LogP contribution >= 0.6 is 0 Å². The van der Waals surface area contributed by atoms with Gasteiger partial charge >= 0.3 is 5.97 Å². The number of carbonyl (C=O) groups excluding carboxylic acids is 1. The summed E-state index contributed by atoms with van der Waals surface area (Å²) in [6.45, 7) is 1.97. The fraction of sp³-hybridized carbons (Fsp3) is 0.571. The van der Waals surface area contributed by atoms with E-state index in [-0.39, 0.29) is 17.9 Å². The van der Waals surface area contributed by atoms with Crippen molar-refractivity contribution in [1.29, 1.82) is 0 Å². The molecule has 1 heterocycles. The summed E-state index contributed by atoms with van der Waals surface area (Å²) in [5.74, 6) is -0.0812. The Morgan fingerprint density at radius 1 is 1.32 bits per heavy atom. The molecule has 5 nitrogen and oxygen atoms in total. The van der Waals surface area contributed by atoms with Crippen LogP contribution < -0.4 is 5.32 Å². The van der Waals surface area contributed by atoms with Crippen LogP contribution in [-0.4, -0.2) is 23.0 Å². The second-order valence-electron chi connectivity index (χ2n) is 4.98. The predicted molar refractivity (Wildman–Crippen MR) is 68.9 cm³/mol. The standard InChI is InChI=1S/C14H19NO4/c1-2-11-7-8-12(19-11)13(16)15-10-5-3-9(4-6-10)14(17)18/h7-10H,2-6H2,1H3,(H,15,16)(H,17,18). The highest BCUT2D eigenvalue weighted by atomic mass is 16.4. The Bertz CT molecular complexity index is 458. The number of hydrogen-bond acceptors (Lipinski definition) is 3. The minimum atomic E-state index is -0.733. The molecule has 1 fully saturated rings. The molecule has 0 spiro atoms. The maximum absolute atomic E-state index is 11.9. The van der Waals surface area contributed by atoms with Gasteiger partial charge < -0.3 is 14.8 Å². The van der Waals surface area contributed by atoms with Crippen LogP contribution in [0.25, 0.3) is 0 Å². The van der Waals surface area contributed by atoms with E-state index in [1.807, 2.05) is 6.92 Å². The van der Waals surface area contributed by atoms with E-state index in [0.29, 0.717) is 31.4 Å². The lowest BCUT2D eigenvalue weighted by Gasteiger charge is -2.26. The van der Waals surface area contributed by atoms with E-state index in [2.05, 4.69) is 5.32 Å². The molecule has 1 aliphatic carbocycles. The molecule has 1 saturated carbocycles. The number of rotatable bonds is 4. The summed E-state index contributed by atoms with van der Waals surface area (Å²) < 4.78 is 5.39. The molecule has 1 aromatic rings. The van der Waals surface area contributed by atoms with E-state index < -0.39 is 5.97 Å². The molecule has 0 aromatic carbocycles. The van der Waals surface area contributed by atoms with Crippen LogP contribution in [0.2, 0.25) is 0 Å². The number of carboxylic acids is 1. The number of amides is 1. The van der Waals surface area contributed by atoms with Gasteiger partial charge in [-0.2, -0.15) is 0 Å². The van der Waals surface area contributed by atoms with Crippen LogP contribution in [0.15, 0.2) is 16.5 Å². The highest BCUT2D eigenvalue weighted by Crippen LogP contribution is 2.24.